The van der Waals surface area contributed by atoms with E-state index in [1.54, 1.807) is 18.2 Å². The van der Waals surface area contributed by atoms with Gasteiger partial charge in [0.2, 0.25) is 5.91 Å². The Morgan fingerprint density at radius 2 is 1.93 bits per heavy atom. The second-order valence-corrected chi connectivity index (χ2v) is 5.90. The normalized spacial score (nSPS) is 10.7. The molecule has 0 aliphatic heterocycles. The van der Waals surface area contributed by atoms with E-state index in [2.05, 4.69) is 15.4 Å². The third-order valence-electron chi connectivity index (χ3n) is 3.27. The molecule has 0 fully saturated rings. The van der Waals surface area contributed by atoms with Gasteiger partial charge in [-0.2, -0.15) is 18.4 Å². The van der Waals surface area contributed by atoms with Gasteiger partial charge in [0, 0.05) is 16.3 Å². The maximum Gasteiger partial charge on any atom is 0.422 e. The topological polar surface area (TPSA) is 91.2 Å². The molecule has 0 saturated carbocycles. The third-order valence-corrected chi connectivity index (χ3v) is 3.51. The predicted octanol–water partition coefficient (Wildman–Crippen LogP) is 3.52. The summed E-state index contributed by atoms with van der Waals surface area (Å²) in [6, 6.07) is 11.4. The van der Waals surface area contributed by atoms with Crippen molar-refractivity contribution in [1.29, 1.82) is 5.26 Å². The SMILES string of the molecule is N#Cc1cc(NC(=O)CNC(=O)c2cccc(Cl)c2)ccc1OCC(F)(F)F. The number of carbonyl (C=O) groups excluding carboxylic acids is 2. The number of anilines is 1. The van der Waals surface area contributed by atoms with Crippen LogP contribution in [0.1, 0.15) is 15.9 Å². The molecule has 0 atom stereocenters. The van der Waals surface area contributed by atoms with Gasteiger partial charge in [0.1, 0.15) is 11.8 Å². The van der Waals surface area contributed by atoms with Crippen molar-refractivity contribution in [2.45, 2.75) is 6.18 Å². The van der Waals surface area contributed by atoms with Gasteiger partial charge in [0.25, 0.3) is 5.91 Å². The molecule has 2 aromatic rings. The minimum absolute atomic E-state index is 0.165. The summed E-state index contributed by atoms with van der Waals surface area (Å²) >= 11 is 5.79. The van der Waals surface area contributed by atoms with E-state index in [-0.39, 0.29) is 29.1 Å². The molecule has 2 rings (SSSR count). The van der Waals surface area contributed by atoms with Crippen LogP contribution in [-0.2, 0) is 4.79 Å². The van der Waals surface area contributed by atoms with E-state index in [1.165, 1.54) is 24.3 Å². The average molecular weight is 412 g/mol. The molecular formula is C18H13ClF3N3O3. The van der Waals surface area contributed by atoms with Crippen LogP contribution in [0.5, 0.6) is 5.75 Å². The summed E-state index contributed by atoms with van der Waals surface area (Å²) < 4.78 is 41.2. The number of alkyl halides is 3. The summed E-state index contributed by atoms with van der Waals surface area (Å²) in [4.78, 5) is 23.9. The van der Waals surface area contributed by atoms with Crippen LogP contribution in [0.25, 0.3) is 0 Å². The van der Waals surface area contributed by atoms with Crippen LogP contribution >= 0.6 is 11.6 Å². The van der Waals surface area contributed by atoms with Crippen LogP contribution in [-0.4, -0.2) is 31.1 Å². The van der Waals surface area contributed by atoms with Crippen molar-refractivity contribution >= 4 is 29.1 Å². The smallest absolute Gasteiger partial charge is 0.422 e. The predicted molar refractivity (Wildman–Crippen MR) is 95.1 cm³/mol. The summed E-state index contributed by atoms with van der Waals surface area (Å²) in [5.74, 6) is -1.36. The van der Waals surface area contributed by atoms with Gasteiger partial charge in [-0.25, -0.2) is 0 Å². The summed E-state index contributed by atoms with van der Waals surface area (Å²) in [5.41, 5.74) is 0.265. The van der Waals surface area contributed by atoms with Gasteiger partial charge in [-0.15, -0.1) is 0 Å². The first-order valence-electron chi connectivity index (χ1n) is 7.75. The zero-order chi connectivity index (χ0) is 20.7. The number of hydrogen-bond donors (Lipinski definition) is 2. The van der Waals surface area contributed by atoms with Crippen molar-refractivity contribution in [1.82, 2.24) is 5.32 Å². The zero-order valence-electron chi connectivity index (χ0n) is 14.1. The van der Waals surface area contributed by atoms with Gasteiger partial charge in [-0.05, 0) is 36.4 Å². The van der Waals surface area contributed by atoms with E-state index >= 15 is 0 Å². The molecule has 0 spiro atoms. The van der Waals surface area contributed by atoms with Crippen LogP contribution in [0.4, 0.5) is 18.9 Å². The largest absolute Gasteiger partial charge is 0.483 e. The minimum atomic E-state index is -4.54. The number of amides is 2. The van der Waals surface area contributed by atoms with Gasteiger partial charge in [-0.1, -0.05) is 17.7 Å². The quantitative estimate of drug-likeness (QED) is 0.760. The lowest BCUT2D eigenvalue weighted by Gasteiger charge is -2.12. The maximum atomic E-state index is 12.2. The number of nitrogens with one attached hydrogen (secondary N) is 2. The highest BCUT2D eigenvalue weighted by Gasteiger charge is 2.28. The van der Waals surface area contributed by atoms with Crippen LogP contribution in [0, 0.1) is 11.3 Å². The number of nitrogens with zero attached hydrogens (tertiary/aromatic N) is 1. The Labute approximate surface area is 162 Å². The highest BCUT2D eigenvalue weighted by molar-refractivity contribution is 6.31. The molecule has 2 N–H and O–H groups in total. The fourth-order valence-electron chi connectivity index (χ4n) is 2.08. The third kappa shape index (κ3) is 6.48. The lowest BCUT2D eigenvalue weighted by molar-refractivity contribution is -0.153. The summed E-state index contributed by atoms with van der Waals surface area (Å²) in [7, 11) is 0. The second kappa shape index (κ2) is 9.10. The van der Waals surface area contributed by atoms with Crippen molar-refractivity contribution in [3.05, 3.63) is 58.6 Å². The molecule has 0 bridgehead atoms. The molecule has 10 heteroatoms. The van der Waals surface area contributed by atoms with Crippen molar-refractivity contribution in [2.75, 3.05) is 18.5 Å². The molecule has 0 saturated heterocycles. The highest BCUT2D eigenvalue weighted by Crippen LogP contribution is 2.24. The Bertz CT molecular complexity index is 926. The van der Waals surface area contributed by atoms with Gasteiger partial charge in [-0.3, -0.25) is 9.59 Å². The van der Waals surface area contributed by atoms with E-state index in [1.807, 2.05) is 0 Å². The Morgan fingerprint density at radius 1 is 1.18 bits per heavy atom. The Morgan fingerprint density at radius 3 is 2.57 bits per heavy atom. The van der Waals surface area contributed by atoms with E-state index in [0.717, 1.165) is 6.07 Å². The van der Waals surface area contributed by atoms with Gasteiger partial charge >= 0.3 is 6.18 Å². The van der Waals surface area contributed by atoms with Crippen LogP contribution in [0.2, 0.25) is 5.02 Å². The first-order valence-corrected chi connectivity index (χ1v) is 8.13. The van der Waals surface area contributed by atoms with Crippen molar-refractivity contribution in [3.8, 4) is 11.8 Å². The fourth-order valence-corrected chi connectivity index (χ4v) is 2.27. The molecule has 0 radical (unpaired) electrons. The number of rotatable bonds is 6. The highest BCUT2D eigenvalue weighted by atomic mass is 35.5. The van der Waals surface area contributed by atoms with Gasteiger partial charge in [0.15, 0.2) is 6.61 Å². The Hall–Kier alpha value is -3.25. The monoisotopic (exact) mass is 411 g/mol. The summed E-state index contributed by atoms with van der Waals surface area (Å²) in [5, 5.41) is 14.2. The minimum Gasteiger partial charge on any atom is -0.483 e. The van der Waals surface area contributed by atoms with Crippen LogP contribution in [0.3, 0.4) is 0 Å². The zero-order valence-corrected chi connectivity index (χ0v) is 14.9. The maximum absolute atomic E-state index is 12.2. The Kier molecular flexibility index (Phi) is 6.84. The number of benzene rings is 2. The van der Waals surface area contributed by atoms with E-state index in [9.17, 15) is 22.8 Å². The molecule has 2 amide bonds. The van der Waals surface area contributed by atoms with Crippen molar-refractivity contribution in [2.24, 2.45) is 0 Å². The summed E-state index contributed by atoms with van der Waals surface area (Å²) in [6.07, 6.45) is -4.54. The Balaban J connectivity index is 1.94. The molecule has 0 aliphatic rings. The fraction of sp³-hybridized carbons (Fsp3) is 0.167. The van der Waals surface area contributed by atoms with Crippen LogP contribution in [0.15, 0.2) is 42.5 Å². The lowest BCUT2D eigenvalue weighted by Crippen LogP contribution is -2.32. The second-order valence-electron chi connectivity index (χ2n) is 5.47. The van der Waals surface area contributed by atoms with Gasteiger partial charge in [0.05, 0.1) is 12.1 Å². The average Bonchev–Trinajstić information content (AvgIpc) is 2.64. The molecule has 0 heterocycles. The standard InChI is InChI=1S/C18H13ClF3N3O3/c19-13-3-1-2-11(6-13)17(27)24-9-16(26)25-14-4-5-15(12(7-14)8-23)28-10-18(20,21)22/h1-7H,9-10H2,(H,24,27)(H,25,26). The van der Waals surface area contributed by atoms with Crippen LogP contribution < -0.4 is 15.4 Å². The molecule has 0 unspecified atom stereocenters. The van der Waals surface area contributed by atoms with E-state index in [0.29, 0.717) is 5.02 Å². The molecule has 2 aromatic carbocycles. The first-order chi connectivity index (χ1) is 13.2. The molecule has 0 aliphatic carbocycles. The number of carbonyl (C=O) groups is 2. The van der Waals surface area contributed by atoms with Gasteiger partial charge < -0.3 is 15.4 Å². The molecular weight excluding hydrogens is 399 g/mol. The van der Waals surface area contributed by atoms with Crippen molar-refractivity contribution in [3.63, 3.8) is 0 Å². The molecule has 146 valence electrons. The molecule has 0 aromatic heterocycles. The number of halogens is 4. The number of nitriles is 1. The van der Waals surface area contributed by atoms with Crippen molar-refractivity contribution < 1.29 is 27.5 Å². The molecule has 28 heavy (non-hydrogen) atoms. The number of ether oxygens (including phenoxy) is 1. The van der Waals surface area contributed by atoms with E-state index in [4.69, 9.17) is 16.9 Å². The lowest BCUT2D eigenvalue weighted by atomic mass is 10.2. The molecule has 6 nitrogen and oxygen atoms in total. The first kappa shape index (κ1) is 21.1. The number of hydrogen-bond acceptors (Lipinski definition) is 4. The summed E-state index contributed by atoms with van der Waals surface area (Å²) in [6.45, 7) is -1.90. The van der Waals surface area contributed by atoms with E-state index < -0.39 is 24.6 Å².